The van der Waals surface area contributed by atoms with Crippen molar-refractivity contribution < 1.29 is 27.6 Å². The van der Waals surface area contributed by atoms with Crippen LogP contribution in [0.15, 0.2) is 74.1 Å². The summed E-state index contributed by atoms with van der Waals surface area (Å²) in [5.41, 5.74) is 11.0. The van der Waals surface area contributed by atoms with E-state index >= 15 is 0 Å². The van der Waals surface area contributed by atoms with Crippen LogP contribution in [0.1, 0.15) is 90.9 Å². The van der Waals surface area contributed by atoms with Crippen LogP contribution in [-0.4, -0.2) is 28.3 Å². The molecule has 0 aromatic heterocycles. The quantitative estimate of drug-likeness (QED) is 0.334. The molecule has 0 saturated carbocycles. The summed E-state index contributed by atoms with van der Waals surface area (Å²) in [5, 5.41) is 17.0. The fraction of sp³-hybridized carbons (Fsp3) is 0.486. The van der Waals surface area contributed by atoms with E-state index in [1.54, 1.807) is 69.4 Å². The Morgan fingerprint density at radius 1 is 0.744 bits per heavy atom. The molecule has 2 aromatic rings. The Balaban J connectivity index is 0.000000458. The van der Waals surface area contributed by atoms with E-state index in [2.05, 4.69) is 105 Å². The molecule has 2 N–H and O–H groups in total. The van der Waals surface area contributed by atoms with Crippen LogP contribution in [0.2, 0.25) is 9.26 Å². The van der Waals surface area contributed by atoms with Crippen molar-refractivity contribution in [1.82, 2.24) is 0 Å². The van der Waals surface area contributed by atoms with Crippen molar-refractivity contribution >= 4 is 13.0 Å². The maximum atomic E-state index is 8.52. The molecule has 0 spiro atoms. The topological polar surface area (TPSA) is 40.5 Å². The van der Waals surface area contributed by atoms with Gasteiger partial charge in [-0.1, -0.05) is 0 Å². The van der Waals surface area contributed by atoms with Crippen molar-refractivity contribution in [3.63, 3.8) is 0 Å². The van der Waals surface area contributed by atoms with Gasteiger partial charge in [-0.15, -0.1) is 0 Å². The van der Waals surface area contributed by atoms with Crippen molar-refractivity contribution in [2.24, 2.45) is 5.92 Å². The minimum absolute atomic E-state index is 0.500. The van der Waals surface area contributed by atoms with E-state index in [0.717, 1.165) is 0 Å². The molecular weight excluding hydrogens is 572 g/mol. The zero-order valence-electron chi connectivity index (χ0n) is 27.0. The summed E-state index contributed by atoms with van der Waals surface area (Å²) in [6.45, 7) is 24.8. The molecule has 0 bridgehead atoms. The van der Waals surface area contributed by atoms with Crippen LogP contribution in [0.5, 0.6) is 0 Å². The number of allylic oxidation sites excluding steroid dienone is 5. The van der Waals surface area contributed by atoms with Crippen LogP contribution in [-0.2, 0) is 17.4 Å². The Hall–Kier alpha value is -1.32. The average Bonchev–Trinajstić information content (AvgIpc) is 3.21. The molecule has 214 valence electrons. The van der Waals surface area contributed by atoms with Gasteiger partial charge in [-0.2, -0.15) is 0 Å². The van der Waals surface area contributed by atoms with E-state index in [4.69, 9.17) is 10.2 Å². The molecule has 2 atom stereocenters. The van der Waals surface area contributed by atoms with Gasteiger partial charge < -0.3 is 10.2 Å². The number of aliphatic hydroxyl groups is 2. The van der Waals surface area contributed by atoms with E-state index < -0.39 is 28.6 Å². The van der Waals surface area contributed by atoms with Gasteiger partial charge in [-0.25, -0.2) is 0 Å². The Labute approximate surface area is 241 Å². The zero-order valence-corrected chi connectivity index (χ0v) is 30.8. The fourth-order valence-electron chi connectivity index (χ4n) is 6.50. The van der Waals surface area contributed by atoms with Gasteiger partial charge in [-0.05, 0) is 41.5 Å². The van der Waals surface area contributed by atoms with Gasteiger partial charge >= 0.3 is 180 Å². The summed E-state index contributed by atoms with van der Waals surface area (Å²) in [5.74, 6) is 0.599. The molecule has 0 aliphatic heterocycles. The molecule has 0 heterocycles. The number of hydrogen-bond donors (Lipinski definition) is 2. The van der Waals surface area contributed by atoms with Crippen LogP contribution < -0.4 is 0 Å². The number of benzene rings is 2. The summed E-state index contributed by atoms with van der Waals surface area (Å²) in [6, 6.07) is 17.9. The summed E-state index contributed by atoms with van der Waals surface area (Å²) < 4.78 is 7.83. The second kappa shape index (κ2) is 11.9. The SMILES string of the molecule is CC(C)(C)O.CC(C)(C)O.CC1=Cc2c(-c3ccccc3)cccc2[CH]1[Zr]([CH3])([CH3])(=[SiH2])[C]1=C(C)C(C)=C(C)C1C. The third-order valence-corrected chi connectivity index (χ3v) is 25.3. The predicted molar refractivity (Wildman–Crippen MR) is 173 cm³/mol. The average molecular weight is 626 g/mol. The number of hydrogen-bond acceptors (Lipinski definition) is 2. The zero-order chi connectivity index (χ0) is 30.2. The molecular formula is C35H54O2SiZr. The molecule has 39 heavy (non-hydrogen) atoms. The minimum atomic E-state index is -3.29. The van der Waals surface area contributed by atoms with Gasteiger partial charge in [0, 0.05) is 0 Å². The fourth-order valence-corrected chi connectivity index (χ4v) is 28.2. The number of fused-ring (bicyclic) bond motifs is 1. The molecule has 0 radical (unpaired) electrons. The van der Waals surface area contributed by atoms with Crippen molar-refractivity contribution in [1.29, 1.82) is 0 Å². The number of rotatable bonds is 3. The Morgan fingerprint density at radius 3 is 1.67 bits per heavy atom. The van der Waals surface area contributed by atoms with Crippen LogP contribution in [0, 0.1) is 5.92 Å². The van der Waals surface area contributed by atoms with E-state index in [1.807, 2.05) is 3.28 Å². The van der Waals surface area contributed by atoms with Gasteiger partial charge in [0.1, 0.15) is 0 Å². The van der Waals surface area contributed by atoms with Crippen molar-refractivity contribution in [3.8, 4) is 11.1 Å². The maximum absolute atomic E-state index is 8.52. The van der Waals surface area contributed by atoms with E-state index in [-0.39, 0.29) is 0 Å². The van der Waals surface area contributed by atoms with Crippen molar-refractivity contribution in [2.75, 3.05) is 0 Å². The van der Waals surface area contributed by atoms with Crippen LogP contribution in [0.4, 0.5) is 0 Å². The molecule has 2 nitrogen and oxygen atoms in total. The second-order valence-corrected chi connectivity index (χ2v) is 44.1. The first-order valence-electron chi connectivity index (χ1n) is 14.3. The van der Waals surface area contributed by atoms with Gasteiger partial charge in [0.25, 0.3) is 0 Å². The summed E-state index contributed by atoms with van der Waals surface area (Å²) in [6.07, 6.45) is 2.50. The van der Waals surface area contributed by atoms with Crippen molar-refractivity contribution in [2.45, 2.75) is 100 Å². The molecule has 2 aromatic carbocycles. The second-order valence-electron chi connectivity index (χ2n) is 14.7. The monoisotopic (exact) mass is 624 g/mol. The summed E-state index contributed by atoms with van der Waals surface area (Å²) in [7, 11) is 0. The first-order valence-corrected chi connectivity index (χ1v) is 27.8. The molecule has 2 unspecified atom stereocenters. The van der Waals surface area contributed by atoms with Gasteiger partial charge in [0.2, 0.25) is 0 Å². The third kappa shape index (κ3) is 8.35. The molecule has 0 saturated heterocycles. The summed E-state index contributed by atoms with van der Waals surface area (Å²) >= 11 is -3.29. The molecule has 0 fully saturated rings. The van der Waals surface area contributed by atoms with Crippen LogP contribution >= 0.6 is 0 Å². The van der Waals surface area contributed by atoms with Gasteiger partial charge in [0.15, 0.2) is 0 Å². The Morgan fingerprint density at radius 2 is 1.23 bits per heavy atom. The first kappa shape index (κ1) is 33.9. The third-order valence-electron chi connectivity index (χ3n) is 7.81. The molecule has 2 aliphatic carbocycles. The molecule has 4 heteroatoms. The van der Waals surface area contributed by atoms with E-state index in [9.17, 15) is 0 Å². The molecule has 0 amide bonds. The molecule has 2 aliphatic rings. The Bertz CT molecular complexity index is 1330. The van der Waals surface area contributed by atoms with E-state index in [0.29, 0.717) is 9.54 Å². The van der Waals surface area contributed by atoms with Crippen LogP contribution in [0.3, 0.4) is 0 Å². The standard InChI is InChI=1S/C16H13.C9H13.2C4H10O.2CH3.H2Si.Zr/c1-12-10-14-8-5-9-15(16(14)11-12)13-6-3-2-4-7-13;1-6-5-7(2)9(4)8(6)3;2*1-4(2,3)5;;;;/h2-11H,1H3;6H,1-4H3;2*5H,1-3H3;2*1H3;1H2;. The Kier molecular flexibility index (Phi) is 10.3. The van der Waals surface area contributed by atoms with E-state index in [1.165, 1.54) is 16.7 Å². The molecule has 4 rings (SSSR count). The van der Waals surface area contributed by atoms with Gasteiger partial charge in [0.05, 0.1) is 11.2 Å². The predicted octanol–water partition coefficient (Wildman–Crippen LogP) is 8.96. The summed E-state index contributed by atoms with van der Waals surface area (Å²) in [4.78, 5) is 0. The first-order chi connectivity index (χ1) is 17.5. The van der Waals surface area contributed by atoms with Crippen LogP contribution in [0.25, 0.3) is 17.2 Å². The normalized spacial score (nSPS) is 19.6. The van der Waals surface area contributed by atoms with Gasteiger partial charge in [-0.3, -0.25) is 0 Å². The van der Waals surface area contributed by atoms with Crippen molar-refractivity contribution in [3.05, 3.63) is 85.2 Å².